The number of nitrogens with zero attached hydrogens (tertiary/aromatic N) is 4. The summed E-state index contributed by atoms with van der Waals surface area (Å²) < 4.78 is 14.2. The van der Waals surface area contributed by atoms with Crippen molar-refractivity contribution in [3.8, 4) is 0 Å². The lowest BCUT2D eigenvalue weighted by Crippen LogP contribution is -2.46. The second kappa shape index (κ2) is 9.74. The molecule has 0 N–H and O–H groups in total. The first-order chi connectivity index (χ1) is 15.3. The Balaban J connectivity index is 1.22. The summed E-state index contributed by atoms with van der Waals surface area (Å²) >= 11 is 1.29. The molecule has 1 unspecified atom stereocenters. The maximum atomic E-state index is 5.42. The molecule has 1 fully saturated rings. The average Bonchev–Trinajstić information content (AvgIpc) is 3.44. The van der Waals surface area contributed by atoms with Gasteiger partial charge in [0, 0.05) is 39.3 Å². The van der Waals surface area contributed by atoms with Gasteiger partial charge in [-0.3, -0.25) is 9.80 Å². The number of ether oxygens (including phenoxy) is 1. The number of fused-ring (bicyclic) bond motifs is 2. The van der Waals surface area contributed by atoms with Crippen molar-refractivity contribution in [2.45, 2.75) is 38.3 Å². The highest BCUT2D eigenvalue weighted by Gasteiger charge is 2.31. The fourth-order valence-corrected chi connectivity index (χ4v) is 5.89. The van der Waals surface area contributed by atoms with Gasteiger partial charge >= 0.3 is 0 Å². The predicted molar refractivity (Wildman–Crippen MR) is 127 cm³/mol. The van der Waals surface area contributed by atoms with E-state index >= 15 is 0 Å². The normalized spacial score (nSPS) is 20.0. The van der Waals surface area contributed by atoms with Gasteiger partial charge in [-0.1, -0.05) is 30.3 Å². The third-order valence-corrected chi connectivity index (χ3v) is 7.51. The molecule has 1 aromatic heterocycles. The van der Waals surface area contributed by atoms with Gasteiger partial charge in [0.1, 0.15) is 11.0 Å². The van der Waals surface area contributed by atoms with Crippen LogP contribution in [0.2, 0.25) is 0 Å². The van der Waals surface area contributed by atoms with Gasteiger partial charge in [-0.25, -0.2) is 0 Å². The molecule has 0 amide bonds. The Morgan fingerprint density at radius 2 is 1.90 bits per heavy atom. The largest absolute Gasteiger partial charge is 0.383 e. The van der Waals surface area contributed by atoms with Gasteiger partial charge in [0.25, 0.3) is 0 Å². The molecular formula is C25H32N4OS. The van der Waals surface area contributed by atoms with Crippen LogP contribution in [-0.2, 0) is 24.1 Å². The highest BCUT2D eigenvalue weighted by atomic mass is 32.1. The van der Waals surface area contributed by atoms with Gasteiger partial charge < -0.3 is 4.74 Å². The summed E-state index contributed by atoms with van der Waals surface area (Å²) in [4.78, 5) is 5.34. The lowest BCUT2D eigenvalue weighted by Gasteiger charge is -2.38. The van der Waals surface area contributed by atoms with Crippen LogP contribution in [0.4, 0.5) is 0 Å². The van der Waals surface area contributed by atoms with Crippen molar-refractivity contribution in [3.05, 3.63) is 59.2 Å². The molecule has 1 aliphatic carbocycles. The Labute approximate surface area is 189 Å². The molecule has 5 rings (SSSR count). The van der Waals surface area contributed by atoms with E-state index in [1.165, 1.54) is 56.1 Å². The molecule has 2 aromatic carbocycles. The molecular weight excluding hydrogens is 404 g/mol. The lowest BCUT2D eigenvalue weighted by atomic mass is 9.95. The standard InChI is InChI=1S/C25H32N4OS/c1-30-12-11-28(16-19-8-9-24-25(13-19)27-31-26-24)17-20-5-4-10-29(18-20)23-14-21-6-2-3-7-22(21)15-23/h2-3,6-9,13,20,23H,4-5,10-12,14-18H2,1H3. The van der Waals surface area contributed by atoms with Crippen molar-refractivity contribution in [2.75, 3.05) is 39.9 Å². The molecule has 5 nitrogen and oxygen atoms in total. The minimum Gasteiger partial charge on any atom is -0.383 e. The Morgan fingerprint density at radius 3 is 2.71 bits per heavy atom. The Morgan fingerprint density at radius 1 is 1.10 bits per heavy atom. The highest BCUT2D eigenvalue weighted by molar-refractivity contribution is 7.00. The smallest absolute Gasteiger partial charge is 0.105 e. The van der Waals surface area contributed by atoms with Crippen molar-refractivity contribution >= 4 is 22.8 Å². The highest BCUT2D eigenvalue weighted by Crippen LogP contribution is 2.29. The number of methoxy groups -OCH3 is 1. The maximum Gasteiger partial charge on any atom is 0.105 e. The van der Waals surface area contributed by atoms with Gasteiger partial charge in [0.2, 0.25) is 0 Å². The van der Waals surface area contributed by atoms with Crippen molar-refractivity contribution in [2.24, 2.45) is 5.92 Å². The lowest BCUT2D eigenvalue weighted by molar-refractivity contribution is 0.0844. The van der Waals surface area contributed by atoms with Crippen molar-refractivity contribution in [3.63, 3.8) is 0 Å². The number of aromatic nitrogens is 2. The predicted octanol–water partition coefficient (Wildman–Crippen LogP) is 4.02. The van der Waals surface area contributed by atoms with Crippen LogP contribution < -0.4 is 0 Å². The minimum absolute atomic E-state index is 0.687. The molecule has 31 heavy (non-hydrogen) atoms. The number of hydrogen-bond donors (Lipinski definition) is 0. The first kappa shape index (κ1) is 21.0. The summed E-state index contributed by atoms with van der Waals surface area (Å²) in [6.07, 6.45) is 5.08. The zero-order valence-corrected chi connectivity index (χ0v) is 19.2. The van der Waals surface area contributed by atoms with Gasteiger partial charge in [-0.2, -0.15) is 8.75 Å². The number of benzene rings is 2. The number of piperidine rings is 1. The van der Waals surface area contributed by atoms with E-state index in [4.69, 9.17) is 4.74 Å². The molecule has 0 spiro atoms. The second-order valence-electron chi connectivity index (χ2n) is 9.15. The van der Waals surface area contributed by atoms with Crippen LogP contribution >= 0.6 is 11.7 Å². The second-order valence-corrected chi connectivity index (χ2v) is 9.68. The van der Waals surface area contributed by atoms with Crippen LogP contribution in [0.5, 0.6) is 0 Å². The van der Waals surface area contributed by atoms with E-state index in [9.17, 15) is 0 Å². The summed E-state index contributed by atoms with van der Waals surface area (Å²) in [5.74, 6) is 0.721. The molecule has 0 saturated carbocycles. The number of likely N-dealkylation sites (tertiary alicyclic amines) is 1. The third kappa shape index (κ3) is 4.98. The minimum atomic E-state index is 0.687. The van der Waals surface area contributed by atoms with Crippen LogP contribution in [0.15, 0.2) is 42.5 Å². The quantitative estimate of drug-likeness (QED) is 0.534. The molecule has 2 aliphatic rings. The maximum absolute atomic E-state index is 5.42. The van der Waals surface area contributed by atoms with E-state index < -0.39 is 0 Å². The van der Waals surface area contributed by atoms with Crippen molar-refractivity contribution in [1.29, 1.82) is 0 Å². The number of rotatable bonds is 8. The molecule has 164 valence electrons. The Hall–Kier alpha value is -1.86. The van der Waals surface area contributed by atoms with Crippen LogP contribution in [-0.4, -0.2) is 64.5 Å². The summed E-state index contributed by atoms with van der Waals surface area (Å²) in [5.41, 5.74) is 6.44. The molecule has 1 atom stereocenters. The van der Waals surface area contributed by atoms with Gasteiger partial charge in [-0.15, -0.1) is 0 Å². The van der Waals surface area contributed by atoms with Crippen LogP contribution in [0.3, 0.4) is 0 Å². The van der Waals surface area contributed by atoms with Gasteiger partial charge in [0.15, 0.2) is 0 Å². The summed E-state index contributed by atoms with van der Waals surface area (Å²) in [6, 6.07) is 16.2. The van der Waals surface area contributed by atoms with Crippen LogP contribution in [0.1, 0.15) is 29.5 Å². The molecule has 1 aliphatic heterocycles. The fourth-order valence-electron chi connectivity index (χ4n) is 5.38. The summed E-state index contributed by atoms with van der Waals surface area (Å²) in [7, 11) is 1.80. The molecule has 0 bridgehead atoms. The summed E-state index contributed by atoms with van der Waals surface area (Å²) in [5, 5.41) is 0. The molecule has 2 heterocycles. The molecule has 0 radical (unpaired) electrons. The Kier molecular flexibility index (Phi) is 6.60. The number of hydrogen-bond acceptors (Lipinski definition) is 6. The summed E-state index contributed by atoms with van der Waals surface area (Å²) in [6.45, 7) is 6.29. The molecule has 3 aromatic rings. The molecule has 6 heteroatoms. The van der Waals surface area contributed by atoms with E-state index in [0.717, 1.165) is 43.2 Å². The van der Waals surface area contributed by atoms with E-state index in [0.29, 0.717) is 6.04 Å². The van der Waals surface area contributed by atoms with Gasteiger partial charge in [-0.05, 0) is 67.0 Å². The first-order valence-corrected chi connectivity index (χ1v) is 12.2. The zero-order valence-electron chi connectivity index (χ0n) is 18.4. The van der Waals surface area contributed by atoms with Crippen molar-refractivity contribution < 1.29 is 4.74 Å². The third-order valence-electron chi connectivity index (χ3n) is 6.95. The topological polar surface area (TPSA) is 41.5 Å². The average molecular weight is 437 g/mol. The van der Waals surface area contributed by atoms with Crippen LogP contribution in [0.25, 0.3) is 11.0 Å². The monoisotopic (exact) mass is 436 g/mol. The van der Waals surface area contributed by atoms with Crippen LogP contribution in [0, 0.1) is 5.92 Å². The SMILES string of the molecule is COCCN(Cc1ccc2nsnc2c1)CC1CCCN(C2Cc3ccccc3C2)C1. The Bertz CT molecular complexity index is 981. The zero-order chi connectivity index (χ0) is 21.0. The first-order valence-electron chi connectivity index (χ1n) is 11.5. The van der Waals surface area contributed by atoms with E-state index in [1.807, 2.05) is 0 Å². The fraction of sp³-hybridized carbons (Fsp3) is 0.520. The van der Waals surface area contributed by atoms with Gasteiger partial charge in [0.05, 0.1) is 18.3 Å². The van der Waals surface area contributed by atoms with E-state index in [2.05, 4.69) is 61.0 Å². The van der Waals surface area contributed by atoms with Crippen molar-refractivity contribution in [1.82, 2.24) is 18.5 Å². The van der Waals surface area contributed by atoms with E-state index in [-0.39, 0.29) is 0 Å². The van der Waals surface area contributed by atoms with E-state index in [1.54, 1.807) is 18.2 Å². The molecule has 1 saturated heterocycles.